The second kappa shape index (κ2) is 7.42. The van der Waals surface area contributed by atoms with E-state index < -0.39 is 0 Å². The number of rotatable bonds is 3. The summed E-state index contributed by atoms with van der Waals surface area (Å²) >= 11 is 0. The minimum Gasteiger partial charge on any atom is -0.297 e. The number of Topliss-reactive ketones (excluding diaryl/α,β-unsaturated/α-hetero) is 1. The first kappa shape index (κ1) is 19.9. The topological polar surface area (TPSA) is 47.8 Å². The largest absolute Gasteiger partial charge is 0.297 e. The molecule has 4 aliphatic rings. The lowest BCUT2D eigenvalue weighted by Gasteiger charge is -2.56. The summed E-state index contributed by atoms with van der Waals surface area (Å²) in [5.41, 5.74) is 1.09. The Bertz CT molecular complexity index is 949. The molecule has 0 radical (unpaired) electrons. The summed E-state index contributed by atoms with van der Waals surface area (Å²) < 4.78 is 1.85. The highest BCUT2D eigenvalue weighted by molar-refractivity contribution is 5.83. The molecule has 6 rings (SSSR count). The predicted octanol–water partition coefficient (Wildman–Crippen LogP) is 5.91. The molecule has 0 spiro atoms. The number of carbonyl (C=O) groups is 1. The van der Waals surface area contributed by atoms with Crippen LogP contribution in [0.2, 0.25) is 0 Å². The average Bonchev–Trinajstić information content (AvgIpc) is 3.33. The van der Waals surface area contributed by atoms with Gasteiger partial charge in [-0.05, 0) is 98.4 Å². The molecule has 0 saturated heterocycles. The first-order valence-corrected chi connectivity index (χ1v) is 12.8. The number of aromatic nitrogens is 3. The summed E-state index contributed by atoms with van der Waals surface area (Å²) in [4.78, 5) is 17.7. The quantitative estimate of drug-likeness (QED) is 0.622. The molecule has 1 unspecified atom stereocenters. The highest BCUT2D eigenvalue weighted by Gasteiger charge is 2.58. The molecule has 0 aromatic carbocycles. The van der Waals surface area contributed by atoms with Crippen LogP contribution in [0, 0.1) is 46.8 Å². The first-order chi connectivity index (χ1) is 15.0. The zero-order valence-electron chi connectivity index (χ0n) is 19.2. The molecule has 2 aromatic rings. The minimum atomic E-state index is 0.210. The lowest BCUT2D eigenvalue weighted by molar-refractivity contribution is -0.131. The third kappa shape index (κ3) is 3.19. The van der Waals surface area contributed by atoms with Gasteiger partial charge < -0.3 is 0 Å². The third-order valence-corrected chi connectivity index (χ3v) is 10.3. The molecule has 4 saturated carbocycles. The van der Waals surface area contributed by atoms with Crippen LogP contribution in [0.15, 0.2) is 24.7 Å². The fourth-order valence-electron chi connectivity index (χ4n) is 8.89. The van der Waals surface area contributed by atoms with Gasteiger partial charge in [0, 0.05) is 23.7 Å². The lowest BCUT2D eigenvalue weighted by atomic mass is 9.49. The molecule has 2 heterocycles. The number of carbonyl (C=O) groups excluding carboxylic acids is 1. The second-order valence-electron chi connectivity index (χ2n) is 11.8. The zero-order valence-corrected chi connectivity index (χ0v) is 19.2. The molecule has 4 nitrogen and oxygen atoms in total. The van der Waals surface area contributed by atoms with Gasteiger partial charge in [0.15, 0.2) is 5.78 Å². The van der Waals surface area contributed by atoms with Crippen LogP contribution in [-0.2, 0) is 11.3 Å². The van der Waals surface area contributed by atoms with Crippen LogP contribution in [0.25, 0.3) is 10.9 Å². The lowest BCUT2D eigenvalue weighted by Crippen LogP contribution is -2.49. The van der Waals surface area contributed by atoms with Crippen molar-refractivity contribution in [3.05, 3.63) is 24.7 Å². The van der Waals surface area contributed by atoms with Crippen LogP contribution in [-0.4, -0.2) is 20.5 Å². The van der Waals surface area contributed by atoms with Crippen molar-refractivity contribution < 1.29 is 4.79 Å². The SMILES string of the molecule is C[C@H]1CC[C@H]2C(CC[C@@H]3[C@@H]2CC[C@]2(C)[C@@H](C(=O)Cn4cc5ccncc5n4)CC[C@@H]32)C1. The van der Waals surface area contributed by atoms with Gasteiger partial charge in [-0.15, -0.1) is 0 Å². The van der Waals surface area contributed by atoms with Gasteiger partial charge in [-0.25, -0.2) is 0 Å². The summed E-state index contributed by atoms with van der Waals surface area (Å²) in [5.74, 6) is 6.14. The van der Waals surface area contributed by atoms with Crippen molar-refractivity contribution >= 4 is 16.7 Å². The molecular formula is C27H37N3O. The summed E-state index contributed by atoms with van der Waals surface area (Å²) in [6.45, 7) is 5.35. The summed E-state index contributed by atoms with van der Waals surface area (Å²) in [7, 11) is 0. The van der Waals surface area contributed by atoms with E-state index in [1.807, 2.05) is 16.9 Å². The Labute approximate surface area is 186 Å². The van der Waals surface area contributed by atoms with Crippen molar-refractivity contribution in [2.45, 2.75) is 78.2 Å². The Kier molecular flexibility index (Phi) is 4.77. The van der Waals surface area contributed by atoms with Crippen molar-refractivity contribution in [3.8, 4) is 0 Å². The van der Waals surface area contributed by atoms with E-state index in [0.29, 0.717) is 12.3 Å². The summed E-state index contributed by atoms with van der Waals surface area (Å²) in [6, 6.07) is 1.97. The van der Waals surface area contributed by atoms with E-state index in [1.165, 1.54) is 51.4 Å². The Balaban J connectivity index is 1.19. The van der Waals surface area contributed by atoms with Gasteiger partial charge >= 0.3 is 0 Å². The van der Waals surface area contributed by atoms with Gasteiger partial charge in [-0.3, -0.25) is 14.5 Å². The van der Waals surface area contributed by atoms with Gasteiger partial charge in [0.2, 0.25) is 0 Å². The first-order valence-electron chi connectivity index (χ1n) is 12.8. The molecule has 8 atom stereocenters. The standard InChI is InChI=1S/C27H37N3O/c1-17-3-5-20-18(13-17)4-6-22-21(20)9-11-27(2)23(22)7-8-24(27)26(31)16-30-15-19-10-12-28-14-25(19)29-30/h10,12,14-15,17-18,20-24H,3-9,11,13,16H2,1-2H3/t17-,18?,20-,21+,22+,23-,24+,27-/m0/s1. The van der Waals surface area contributed by atoms with E-state index in [9.17, 15) is 4.79 Å². The maximum atomic E-state index is 13.5. The Morgan fingerprint density at radius 3 is 2.84 bits per heavy atom. The number of hydrogen-bond donors (Lipinski definition) is 0. The van der Waals surface area contributed by atoms with Crippen LogP contribution in [0.5, 0.6) is 0 Å². The molecule has 31 heavy (non-hydrogen) atoms. The van der Waals surface area contributed by atoms with Crippen LogP contribution in [0.1, 0.15) is 71.6 Å². The molecule has 0 N–H and O–H groups in total. The van der Waals surface area contributed by atoms with Crippen molar-refractivity contribution in [3.63, 3.8) is 0 Å². The zero-order chi connectivity index (χ0) is 21.2. The molecule has 0 amide bonds. The van der Waals surface area contributed by atoms with Crippen LogP contribution < -0.4 is 0 Å². The molecule has 0 bridgehead atoms. The molecule has 0 aliphatic heterocycles. The molecule has 4 aliphatic carbocycles. The molecule has 166 valence electrons. The van der Waals surface area contributed by atoms with Gasteiger partial charge in [-0.2, -0.15) is 5.10 Å². The third-order valence-electron chi connectivity index (χ3n) is 10.3. The van der Waals surface area contributed by atoms with Gasteiger partial charge in [0.05, 0.1) is 12.7 Å². The van der Waals surface area contributed by atoms with E-state index in [-0.39, 0.29) is 11.3 Å². The van der Waals surface area contributed by atoms with E-state index in [0.717, 1.165) is 52.8 Å². The monoisotopic (exact) mass is 419 g/mol. The molecule has 4 fully saturated rings. The molecule has 4 heteroatoms. The number of fused-ring (bicyclic) bond motifs is 6. The average molecular weight is 420 g/mol. The number of nitrogens with zero attached hydrogens (tertiary/aromatic N) is 3. The van der Waals surface area contributed by atoms with Crippen LogP contribution >= 0.6 is 0 Å². The smallest absolute Gasteiger partial charge is 0.157 e. The molecular weight excluding hydrogens is 382 g/mol. The van der Waals surface area contributed by atoms with Crippen molar-refractivity contribution in [1.82, 2.24) is 14.8 Å². The number of pyridine rings is 1. The van der Waals surface area contributed by atoms with E-state index >= 15 is 0 Å². The van der Waals surface area contributed by atoms with Crippen molar-refractivity contribution in [2.75, 3.05) is 0 Å². The Hall–Kier alpha value is -1.71. The fourth-order valence-corrected chi connectivity index (χ4v) is 8.89. The highest BCUT2D eigenvalue weighted by Crippen LogP contribution is 2.64. The summed E-state index contributed by atoms with van der Waals surface area (Å²) in [5, 5.41) is 5.67. The number of ketones is 1. The van der Waals surface area contributed by atoms with E-state index in [4.69, 9.17) is 0 Å². The van der Waals surface area contributed by atoms with E-state index in [2.05, 4.69) is 23.9 Å². The Morgan fingerprint density at radius 1 is 1.10 bits per heavy atom. The van der Waals surface area contributed by atoms with Crippen LogP contribution in [0.3, 0.4) is 0 Å². The van der Waals surface area contributed by atoms with Crippen molar-refractivity contribution in [2.24, 2.45) is 46.8 Å². The maximum Gasteiger partial charge on any atom is 0.157 e. The van der Waals surface area contributed by atoms with Crippen LogP contribution in [0.4, 0.5) is 0 Å². The Morgan fingerprint density at radius 2 is 1.97 bits per heavy atom. The number of hydrogen-bond acceptors (Lipinski definition) is 3. The predicted molar refractivity (Wildman–Crippen MR) is 122 cm³/mol. The maximum absolute atomic E-state index is 13.5. The molecule has 2 aromatic heterocycles. The van der Waals surface area contributed by atoms with Crippen molar-refractivity contribution in [1.29, 1.82) is 0 Å². The van der Waals surface area contributed by atoms with Gasteiger partial charge in [-0.1, -0.05) is 20.3 Å². The van der Waals surface area contributed by atoms with Gasteiger partial charge in [0.25, 0.3) is 0 Å². The highest BCUT2D eigenvalue weighted by atomic mass is 16.1. The summed E-state index contributed by atoms with van der Waals surface area (Å²) in [6.07, 6.45) is 17.9. The normalized spacial score (nSPS) is 42.1. The van der Waals surface area contributed by atoms with Gasteiger partial charge in [0.1, 0.15) is 5.52 Å². The second-order valence-corrected chi connectivity index (χ2v) is 11.8. The minimum absolute atomic E-state index is 0.210. The fraction of sp³-hybridized carbons (Fsp3) is 0.741. The van der Waals surface area contributed by atoms with E-state index in [1.54, 1.807) is 12.4 Å².